The summed E-state index contributed by atoms with van der Waals surface area (Å²) in [6, 6.07) is 6.98. The Labute approximate surface area is 162 Å². The van der Waals surface area contributed by atoms with Crippen LogP contribution in [0.3, 0.4) is 0 Å². The molecule has 0 saturated carbocycles. The predicted octanol–water partition coefficient (Wildman–Crippen LogP) is 4.00. The number of rotatable bonds is 4. The average Bonchev–Trinajstić information content (AvgIpc) is 3.21. The van der Waals surface area contributed by atoms with Crippen molar-refractivity contribution in [3.05, 3.63) is 47.8 Å². The number of nitrogens with zero attached hydrogens (tertiary/aromatic N) is 3. The average molecular weight is 389 g/mol. The van der Waals surface area contributed by atoms with Crippen molar-refractivity contribution in [2.75, 3.05) is 31.1 Å². The Hall–Kier alpha value is -2.41. The third kappa shape index (κ3) is 3.76. The van der Waals surface area contributed by atoms with E-state index in [1.165, 1.54) is 12.5 Å². The standard InChI is InChI=1S/C21H22F3N3O/c1-14-5-6-26(13-14)7-8-27-19-10-16(12-25-18(19)11-20(27)28)15-3-2-4-17(9-15)21(22,23)24/h2-4,9-10,12,14H,5-8,11,13H2,1H3. The van der Waals surface area contributed by atoms with Crippen LogP contribution in [0.15, 0.2) is 36.5 Å². The van der Waals surface area contributed by atoms with Crippen molar-refractivity contribution in [3.63, 3.8) is 0 Å². The summed E-state index contributed by atoms with van der Waals surface area (Å²) in [7, 11) is 0. The van der Waals surface area contributed by atoms with Crippen LogP contribution in [0.2, 0.25) is 0 Å². The second-order valence-electron chi connectivity index (χ2n) is 7.68. The van der Waals surface area contributed by atoms with Gasteiger partial charge < -0.3 is 9.80 Å². The van der Waals surface area contributed by atoms with Crippen LogP contribution in [-0.2, 0) is 17.4 Å². The van der Waals surface area contributed by atoms with Crippen molar-refractivity contribution in [2.45, 2.75) is 25.9 Å². The number of hydrogen-bond acceptors (Lipinski definition) is 3. The van der Waals surface area contributed by atoms with E-state index >= 15 is 0 Å². The monoisotopic (exact) mass is 389 g/mol. The maximum atomic E-state index is 13.0. The fourth-order valence-corrected chi connectivity index (χ4v) is 3.97. The van der Waals surface area contributed by atoms with Gasteiger partial charge in [0.25, 0.3) is 0 Å². The summed E-state index contributed by atoms with van der Waals surface area (Å²) in [6.07, 6.45) is -1.43. The zero-order chi connectivity index (χ0) is 19.9. The minimum absolute atomic E-state index is 0.00376. The fraction of sp³-hybridized carbons (Fsp3) is 0.429. The van der Waals surface area contributed by atoms with Gasteiger partial charge >= 0.3 is 6.18 Å². The lowest BCUT2D eigenvalue weighted by molar-refractivity contribution is -0.137. The smallest absolute Gasteiger partial charge is 0.309 e. The number of pyridine rings is 1. The van der Waals surface area contributed by atoms with Gasteiger partial charge in [-0.1, -0.05) is 19.1 Å². The van der Waals surface area contributed by atoms with E-state index in [1.807, 2.05) is 0 Å². The molecule has 1 fully saturated rings. The van der Waals surface area contributed by atoms with E-state index in [1.54, 1.807) is 23.2 Å². The van der Waals surface area contributed by atoms with Crippen molar-refractivity contribution in [2.24, 2.45) is 5.92 Å². The molecule has 2 aromatic rings. The molecule has 2 aliphatic heterocycles. The quantitative estimate of drug-likeness (QED) is 0.793. The topological polar surface area (TPSA) is 36.4 Å². The minimum Gasteiger partial charge on any atom is -0.309 e. The summed E-state index contributed by atoms with van der Waals surface area (Å²) in [5.74, 6) is 0.673. The Balaban J connectivity index is 1.57. The SMILES string of the molecule is CC1CCN(CCN2C(=O)Cc3ncc(-c4cccc(C(F)(F)F)c4)cc32)C1. The van der Waals surface area contributed by atoms with Gasteiger partial charge in [-0.3, -0.25) is 9.78 Å². The van der Waals surface area contributed by atoms with Crippen molar-refractivity contribution >= 4 is 11.6 Å². The Morgan fingerprint density at radius 2 is 2.00 bits per heavy atom. The van der Waals surface area contributed by atoms with Crippen molar-refractivity contribution in [1.29, 1.82) is 0 Å². The van der Waals surface area contributed by atoms with Crippen LogP contribution >= 0.6 is 0 Å². The summed E-state index contributed by atoms with van der Waals surface area (Å²) < 4.78 is 39.1. The summed E-state index contributed by atoms with van der Waals surface area (Å²) in [5.41, 5.74) is 1.74. The maximum absolute atomic E-state index is 13.0. The molecule has 28 heavy (non-hydrogen) atoms. The van der Waals surface area contributed by atoms with Gasteiger partial charge in [0.1, 0.15) is 0 Å². The molecule has 3 heterocycles. The largest absolute Gasteiger partial charge is 0.416 e. The Bertz CT molecular complexity index is 897. The molecule has 4 nitrogen and oxygen atoms in total. The van der Waals surface area contributed by atoms with E-state index in [0.717, 1.165) is 31.8 Å². The lowest BCUT2D eigenvalue weighted by atomic mass is 10.0. The number of carbonyl (C=O) groups excluding carboxylic acids is 1. The first-order chi connectivity index (χ1) is 13.3. The van der Waals surface area contributed by atoms with Gasteiger partial charge in [0.2, 0.25) is 5.91 Å². The highest BCUT2D eigenvalue weighted by molar-refractivity contribution is 6.01. The second kappa shape index (κ2) is 7.20. The zero-order valence-corrected chi connectivity index (χ0v) is 15.7. The number of alkyl halides is 3. The molecule has 4 rings (SSSR count). The Morgan fingerprint density at radius 3 is 2.71 bits per heavy atom. The highest BCUT2D eigenvalue weighted by atomic mass is 19.4. The molecule has 1 atom stereocenters. The first-order valence-corrected chi connectivity index (χ1v) is 9.50. The normalized spacial score (nSPS) is 20.1. The maximum Gasteiger partial charge on any atom is 0.416 e. The summed E-state index contributed by atoms with van der Waals surface area (Å²) in [6.45, 7) is 5.67. The van der Waals surface area contributed by atoms with Crippen LogP contribution < -0.4 is 4.90 Å². The van der Waals surface area contributed by atoms with E-state index in [9.17, 15) is 18.0 Å². The third-order valence-electron chi connectivity index (χ3n) is 5.53. The second-order valence-corrected chi connectivity index (χ2v) is 7.68. The molecule has 1 saturated heterocycles. The molecular weight excluding hydrogens is 367 g/mol. The lowest BCUT2D eigenvalue weighted by Gasteiger charge is -2.22. The van der Waals surface area contributed by atoms with E-state index < -0.39 is 11.7 Å². The first kappa shape index (κ1) is 18.9. The Kier molecular flexibility index (Phi) is 4.87. The van der Waals surface area contributed by atoms with Crippen LogP contribution in [0.5, 0.6) is 0 Å². The summed E-state index contributed by atoms with van der Waals surface area (Å²) in [4.78, 5) is 20.9. The van der Waals surface area contributed by atoms with Crippen molar-refractivity contribution in [3.8, 4) is 11.1 Å². The summed E-state index contributed by atoms with van der Waals surface area (Å²) >= 11 is 0. The molecule has 148 valence electrons. The summed E-state index contributed by atoms with van der Waals surface area (Å²) in [5, 5.41) is 0. The van der Waals surface area contributed by atoms with Crippen LogP contribution in [0, 0.1) is 5.92 Å². The number of amides is 1. The molecule has 0 bridgehead atoms. The van der Waals surface area contributed by atoms with E-state index in [2.05, 4.69) is 16.8 Å². The van der Waals surface area contributed by atoms with E-state index in [4.69, 9.17) is 0 Å². The van der Waals surface area contributed by atoms with E-state index in [0.29, 0.717) is 35.0 Å². The third-order valence-corrected chi connectivity index (χ3v) is 5.53. The lowest BCUT2D eigenvalue weighted by Crippen LogP contribution is -2.36. The van der Waals surface area contributed by atoms with Gasteiger partial charge in [-0.25, -0.2) is 0 Å². The highest BCUT2D eigenvalue weighted by Crippen LogP contribution is 2.35. The number of anilines is 1. The molecule has 0 N–H and O–H groups in total. The van der Waals surface area contributed by atoms with Gasteiger partial charge in [0.05, 0.1) is 23.4 Å². The molecular formula is C21H22F3N3O. The van der Waals surface area contributed by atoms with Crippen molar-refractivity contribution < 1.29 is 18.0 Å². The number of benzene rings is 1. The van der Waals surface area contributed by atoms with Gasteiger partial charge in [-0.2, -0.15) is 13.2 Å². The van der Waals surface area contributed by atoms with Crippen LogP contribution in [0.25, 0.3) is 11.1 Å². The van der Waals surface area contributed by atoms with E-state index in [-0.39, 0.29) is 12.3 Å². The van der Waals surface area contributed by atoms with Crippen LogP contribution in [0.1, 0.15) is 24.6 Å². The van der Waals surface area contributed by atoms with Crippen LogP contribution in [0.4, 0.5) is 18.9 Å². The fourth-order valence-electron chi connectivity index (χ4n) is 3.97. The highest BCUT2D eigenvalue weighted by Gasteiger charge is 2.32. The molecule has 1 unspecified atom stereocenters. The molecule has 1 amide bonds. The number of aromatic nitrogens is 1. The number of likely N-dealkylation sites (tertiary alicyclic amines) is 1. The van der Waals surface area contributed by atoms with Crippen LogP contribution in [-0.4, -0.2) is 42.0 Å². The molecule has 0 aliphatic carbocycles. The minimum atomic E-state index is -4.39. The molecule has 0 radical (unpaired) electrons. The number of halogens is 3. The zero-order valence-electron chi connectivity index (χ0n) is 15.7. The van der Waals surface area contributed by atoms with Gasteiger partial charge in [-0.15, -0.1) is 0 Å². The predicted molar refractivity (Wildman–Crippen MR) is 101 cm³/mol. The molecule has 1 aromatic heterocycles. The molecule has 7 heteroatoms. The molecule has 1 aromatic carbocycles. The Morgan fingerprint density at radius 1 is 1.18 bits per heavy atom. The van der Waals surface area contributed by atoms with Gasteiger partial charge in [0, 0.05) is 31.4 Å². The van der Waals surface area contributed by atoms with Gasteiger partial charge in [-0.05, 0) is 42.6 Å². The molecule has 2 aliphatic rings. The number of fused-ring (bicyclic) bond motifs is 1. The number of hydrogen-bond donors (Lipinski definition) is 0. The molecule has 0 spiro atoms. The van der Waals surface area contributed by atoms with Crippen molar-refractivity contribution in [1.82, 2.24) is 9.88 Å². The first-order valence-electron chi connectivity index (χ1n) is 9.50. The number of carbonyl (C=O) groups is 1. The van der Waals surface area contributed by atoms with Gasteiger partial charge in [0.15, 0.2) is 0 Å².